The lowest BCUT2D eigenvalue weighted by Gasteiger charge is -2.18. The number of benzene rings is 4. The molecule has 184 valence electrons. The zero-order valence-electron chi connectivity index (χ0n) is 18.9. The molecule has 4 aromatic carbocycles. The van der Waals surface area contributed by atoms with Crippen molar-refractivity contribution in [1.82, 2.24) is 0 Å². The van der Waals surface area contributed by atoms with Crippen molar-refractivity contribution in [3.63, 3.8) is 0 Å². The summed E-state index contributed by atoms with van der Waals surface area (Å²) >= 11 is 0. The highest BCUT2D eigenvalue weighted by molar-refractivity contribution is 6.10. The van der Waals surface area contributed by atoms with Crippen molar-refractivity contribution in [2.24, 2.45) is 0 Å². The summed E-state index contributed by atoms with van der Waals surface area (Å²) < 4.78 is 5.64. The summed E-state index contributed by atoms with van der Waals surface area (Å²) in [6, 6.07) is 21.6. The molecular weight excluding hydrogens is 480 g/mol. The molecule has 0 radical (unpaired) electrons. The van der Waals surface area contributed by atoms with Gasteiger partial charge < -0.3 is 25.2 Å². The van der Waals surface area contributed by atoms with Gasteiger partial charge in [-0.05, 0) is 46.5 Å². The van der Waals surface area contributed by atoms with Gasteiger partial charge in [0.05, 0.1) is 11.1 Å². The largest absolute Gasteiger partial charge is 0.478 e. The van der Waals surface area contributed by atoms with Crippen LogP contribution in [-0.2, 0) is 0 Å². The SMILES string of the molecule is O=C(O)c1c(Oc2ccc(-c3ccccc3)c(C(=O)O)c2C(=O)O)ccc(-c2ccccc2)c1C(=O)O. The minimum absolute atomic E-state index is 0.113. The number of aromatic carboxylic acids is 4. The number of rotatable bonds is 8. The first-order chi connectivity index (χ1) is 17.7. The number of hydrogen-bond acceptors (Lipinski definition) is 5. The Morgan fingerprint density at radius 2 is 0.757 bits per heavy atom. The maximum absolute atomic E-state index is 12.2. The zero-order chi connectivity index (χ0) is 26.7. The van der Waals surface area contributed by atoms with Crippen LogP contribution in [0.25, 0.3) is 22.3 Å². The summed E-state index contributed by atoms with van der Waals surface area (Å²) in [6.45, 7) is 0. The molecule has 37 heavy (non-hydrogen) atoms. The molecule has 0 saturated carbocycles. The van der Waals surface area contributed by atoms with Crippen molar-refractivity contribution in [2.75, 3.05) is 0 Å². The first-order valence-electron chi connectivity index (χ1n) is 10.8. The summed E-state index contributed by atoms with van der Waals surface area (Å²) in [7, 11) is 0. The van der Waals surface area contributed by atoms with E-state index in [2.05, 4.69) is 0 Å². The summed E-state index contributed by atoms with van der Waals surface area (Å²) in [5.74, 6) is -7.24. The van der Waals surface area contributed by atoms with Crippen LogP contribution in [0.3, 0.4) is 0 Å². The fourth-order valence-corrected chi connectivity index (χ4v) is 4.04. The first kappa shape index (κ1) is 24.7. The number of ether oxygens (including phenoxy) is 1. The molecule has 0 fully saturated rings. The highest BCUT2D eigenvalue weighted by Crippen LogP contribution is 2.38. The molecule has 0 atom stereocenters. The molecule has 9 heteroatoms. The topological polar surface area (TPSA) is 158 Å². The summed E-state index contributed by atoms with van der Waals surface area (Å²) in [4.78, 5) is 48.7. The van der Waals surface area contributed by atoms with Gasteiger partial charge in [-0.15, -0.1) is 0 Å². The Labute approximate surface area is 209 Å². The molecule has 9 nitrogen and oxygen atoms in total. The summed E-state index contributed by atoms with van der Waals surface area (Å²) in [5, 5.41) is 39.6. The van der Waals surface area contributed by atoms with E-state index in [0.717, 1.165) is 0 Å². The summed E-state index contributed by atoms with van der Waals surface area (Å²) in [6.07, 6.45) is 0. The van der Waals surface area contributed by atoms with E-state index in [1.807, 2.05) is 0 Å². The second-order valence-electron chi connectivity index (χ2n) is 7.78. The van der Waals surface area contributed by atoms with Crippen molar-refractivity contribution in [3.05, 3.63) is 107 Å². The van der Waals surface area contributed by atoms with Crippen LogP contribution in [0.4, 0.5) is 0 Å². The Kier molecular flexibility index (Phi) is 6.70. The van der Waals surface area contributed by atoms with E-state index in [1.54, 1.807) is 60.7 Å². The third-order valence-electron chi connectivity index (χ3n) is 5.58. The fourth-order valence-electron chi connectivity index (χ4n) is 4.04. The molecule has 0 aliphatic rings. The van der Waals surface area contributed by atoms with E-state index in [4.69, 9.17) is 4.74 Å². The minimum Gasteiger partial charge on any atom is -0.478 e. The number of carbonyl (C=O) groups is 4. The van der Waals surface area contributed by atoms with Crippen LogP contribution in [0, 0.1) is 0 Å². The van der Waals surface area contributed by atoms with Gasteiger partial charge in [0.1, 0.15) is 22.6 Å². The first-order valence-corrected chi connectivity index (χ1v) is 10.8. The standard InChI is InChI=1S/C28H18O9/c29-25(30)21-17(15-7-3-1-4-8-15)11-13-19(23(21)27(33)34)37-20-14-12-18(16-9-5-2-6-10-16)22(26(31)32)24(20)28(35)36/h1-14H,(H,29,30)(H,31,32)(H,33,34)(H,35,36). The van der Waals surface area contributed by atoms with Crippen LogP contribution >= 0.6 is 0 Å². The van der Waals surface area contributed by atoms with Gasteiger partial charge in [0, 0.05) is 0 Å². The van der Waals surface area contributed by atoms with Gasteiger partial charge in [-0.2, -0.15) is 0 Å². The molecule has 4 N–H and O–H groups in total. The minimum atomic E-state index is -1.62. The van der Waals surface area contributed by atoms with E-state index in [9.17, 15) is 39.6 Å². The van der Waals surface area contributed by atoms with E-state index < -0.39 is 57.6 Å². The third kappa shape index (κ3) is 4.73. The van der Waals surface area contributed by atoms with Crippen molar-refractivity contribution >= 4 is 23.9 Å². The predicted molar refractivity (Wildman–Crippen MR) is 132 cm³/mol. The molecule has 0 bridgehead atoms. The van der Waals surface area contributed by atoms with Gasteiger partial charge in [0.15, 0.2) is 0 Å². The molecule has 0 amide bonds. The highest BCUT2D eigenvalue weighted by Gasteiger charge is 2.30. The lowest BCUT2D eigenvalue weighted by atomic mass is 9.93. The maximum Gasteiger partial charge on any atom is 0.340 e. The smallest absolute Gasteiger partial charge is 0.340 e. The van der Waals surface area contributed by atoms with Crippen molar-refractivity contribution in [2.45, 2.75) is 0 Å². The van der Waals surface area contributed by atoms with Crippen LogP contribution in [0.2, 0.25) is 0 Å². The van der Waals surface area contributed by atoms with Crippen molar-refractivity contribution in [1.29, 1.82) is 0 Å². The molecule has 0 unspecified atom stereocenters. The summed E-state index contributed by atoms with van der Waals surface area (Å²) in [5.41, 5.74) is -1.44. The second-order valence-corrected chi connectivity index (χ2v) is 7.78. The van der Waals surface area contributed by atoms with E-state index >= 15 is 0 Å². The van der Waals surface area contributed by atoms with Crippen LogP contribution < -0.4 is 4.74 Å². The van der Waals surface area contributed by atoms with Crippen LogP contribution in [0.1, 0.15) is 41.4 Å². The predicted octanol–water partition coefficient (Wildman–Crippen LogP) is 5.61. The lowest BCUT2D eigenvalue weighted by molar-refractivity contribution is 0.0646. The third-order valence-corrected chi connectivity index (χ3v) is 5.58. The Hall–Kier alpha value is -5.44. The Balaban J connectivity index is 1.94. The molecule has 4 rings (SSSR count). The lowest BCUT2D eigenvalue weighted by Crippen LogP contribution is -2.14. The second kappa shape index (κ2) is 10.0. The molecule has 0 heterocycles. The Morgan fingerprint density at radius 3 is 1.05 bits per heavy atom. The van der Waals surface area contributed by atoms with Gasteiger partial charge in [-0.1, -0.05) is 60.7 Å². The molecule has 0 aliphatic carbocycles. The van der Waals surface area contributed by atoms with Gasteiger partial charge in [-0.25, -0.2) is 19.2 Å². The van der Waals surface area contributed by atoms with Crippen molar-refractivity contribution in [3.8, 4) is 33.8 Å². The molecule has 0 spiro atoms. The van der Waals surface area contributed by atoms with Crippen LogP contribution in [0.5, 0.6) is 11.5 Å². The average molecular weight is 498 g/mol. The molecular formula is C28H18O9. The van der Waals surface area contributed by atoms with Gasteiger partial charge in [0.25, 0.3) is 0 Å². The average Bonchev–Trinajstić information content (AvgIpc) is 2.88. The van der Waals surface area contributed by atoms with Crippen molar-refractivity contribution < 1.29 is 44.3 Å². The van der Waals surface area contributed by atoms with E-state index in [1.165, 1.54) is 24.3 Å². The number of hydrogen-bond donors (Lipinski definition) is 4. The molecule has 0 aliphatic heterocycles. The fraction of sp³-hybridized carbons (Fsp3) is 0. The molecule has 4 aromatic rings. The number of carboxylic acids is 4. The quantitative estimate of drug-likeness (QED) is 0.242. The Bertz CT molecular complexity index is 1420. The maximum atomic E-state index is 12.2. The van der Waals surface area contributed by atoms with E-state index in [-0.39, 0.29) is 11.1 Å². The zero-order valence-corrected chi connectivity index (χ0v) is 18.9. The monoisotopic (exact) mass is 498 g/mol. The van der Waals surface area contributed by atoms with Crippen LogP contribution in [-0.4, -0.2) is 44.3 Å². The normalized spacial score (nSPS) is 10.5. The van der Waals surface area contributed by atoms with Gasteiger partial charge >= 0.3 is 23.9 Å². The Morgan fingerprint density at radius 1 is 0.432 bits per heavy atom. The van der Waals surface area contributed by atoms with Gasteiger partial charge in [-0.3, -0.25) is 0 Å². The molecule has 0 saturated heterocycles. The van der Waals surface area contributed by atoms with E-state index in [0.29, 0.717) is 11.1 Å². The highest BCUT2D eigenvalue weighted by atomic mass is 16.5. The number of carboxylic acid groups (broad SMARTS) is 4. The van der Waals surface area contributed by atoms with Gasteiger partial charge in [0.2, 0.25) is 0 Å². The van der Waals surface area contributed by atoms with Crippen LogP contribution in [0.15, 0.2) is 84.9 Å². The molecule has 0 aromatic heterocycles.